The van der Waals surface area contributed by atoms with Crippen molar-refractivity contribution in [3.8, 4) is 5.88 Å². The van der Waals surface area contributed by atoms with E-state index in [9.17, 15) is 4.79 Å². The van der Waals surface area contributed by atoms with Crippen molar-refractivity contribution in [1.29, 1.82) is 0 Å². The number of aryl methyl sites for hydroxylation is 2. The number of hydrogen-bond acceptors (Lipinski definition) is 6. The van der Waals surface area contributed by atoms with Gasteiger partial charge in [0.15, 0.2) is 5.13 Å². The topological polar surface area (TPSA) is 72.3 Å². The summed E-state index contributed by atoms with van der Waals surface area (Å²) in [6.07, 6.45) is 3.75. The van der Waals surface area contributed by atoms with Crippen molar-refractivity contribution >= 4 is 22.4 Å². The molecule has 0 unspecified atom stereocenters. The van der Waals surface area contributed by atoms with Crippen LogP contribution in [0.5, 0.6) is 5.88 Å². The van der Waals surface area contributed by atoms with Crippen LogP contribution in [0.4, 0.5) is 5.13 Å². The summed E-state index contributed by atoms with van der Waals surface area (Å²) in [5.74, 6) is 0.743. The highest BCUT2D eigenvalue weighted by molar-refractivity contribution is 7.13. The fourth-order valence-electron chi connectivity index (χ4n) is 3.25. The highest BCUT2D eigenvalue weighted by atomic mass is 32.1. The average molecular weight is 335 g/mol. The summed E-state index contributed by atoms with van der Waals surface area (Å²) in [7, 11) is 3.54. The van der Waals surface area contributed by atoms with Crippen LogP contribution < -0.4 is 10.1 Å². The first-order chi connectivity index (χ1) is 11.1. The Hall–Kier alpha value is -1.93. The first-order valence-corrected chi connectivity index (χ1v) is 8.49. The van der Waals surface area contributed by atoms with Gasteiger partial charge >= 0.3 is 0 Å². The number of rotatable bonds is 5. The fourth-order valence-corrected chi connectivity index (χ4v) is 3.79. The predicted molar refractivity (Wildman–Crippen MR) is 88.8 cm³/mol. The number of nitrogens with one attached hydrogen (secondary N) is 1. The van der Waals surface area contributed by atoms with Crippen molar-refractivity contribution in [3.05, 3.63) is 22.8 Å². The maximum Gasteiger partial charge on any atom is 0.240 e. The molecule has 8 heteroatoms. The summed E-state index contributed by atoms with van der Waals surface area (Å²) in [4.78, 5) is 18.5. The van der Waals surface area contributed by atoms with Gasteiger partial charge in [0.25, 0.3) is 0 Å². The van der Waals surface area contributed by atoms with Gasteiger partial charge in [-0.2, -0.15) is 5.10 Å². The van der Waals surface area contributed by atoms with Gasteiger partial charge < -0.3 is 10.1 Å². The second-order valence-electron chi connectivity index (χ2n) is 5.65. The highest BCUT2D eigenvalue weighted by Gasteiger charge is 2.33. The van der Waals surface area contributed by atoms with Crippen molar-refractivity contribution < 1.29 is 9.53 Å². The minimum atomic E-state index is -0.0349. The Labute approximate surface area is 139 Å². The Balaban J connectivity index is 1.74. The number of thiazole rings is 1. The van der Waals surface area contributed by atoms with Crippen LogP contribution in [0, 0.1) is 6.92 Å². The molecule has 1 aliphatic heterocycles. The van der Waals surface area contributed by atoms with Gasteiger partial charge in [-0.1, -0.05) is 0 Å². The Morgan fingerprint density at radius 1 is 1.57 bits per heavy atom. The maximum atomic E-state index is 12.2. The van der Waals surface area contributed by atoms with Crippen molar-refractivity contribution in [2.24, 2.45) is 7.05 Å². The lowest BCUT2D eigenvalue weighted by atomic mass is 10.1. The monoisotopic (exact) mass is 335 g/mol. The molecule has 0 saturated carbocycles. The molecule has 2 aromatic heterocycles. The van der Waals surface area contributed by atoms with Crippen molar-refractivity contribution in [2.75, 3.05) is 25.5 Å². The molecule has 0 bridgehead atoms. The summed E-state index contributed by atoms with van der Waals surface area (Å²) < 4.78 is 7.27. The summed E-state index contributed by atoms with van der Waals surface area (Å²) in [6.45, 7) is 3.24. The lowest BCUT2D eigenvalue weighted by Gasteiger charge is -2.24. The van der Waals surface area contributed by atoms with E-state index in [1.165, 1.54) is 11.3 Å². The first-order valence-electron chi connectivity index (χ1n) is 7.61. The Bertz CT molecular complexity index is 682. The smallest absolute Gasteiger partial charge is 0.240 e. The van der Waals surface area contributed by atoms with Crippen LogP contribution in [0.1, 0.15) is 30.1 Å². The molecule has 1 amide bonds. The maximum absolute atomic E-state index is 12.2. The summed E-state index contributed by atoms with van der Waals surface area (Å²) in [5, 5.41) is 9.79. The number of amides is 1. The second-order valence-corrected chi connectivity index (χ2v) is 6.54. The van der Waals surface area contributed by atoms with Crippen molar-refractivity contribution in [3.63, 3.8) is 0 Å². The number of aromatic nitrogens is 3. The van der Waals surface area contributed by atoms with Crippen LogP contribution in [0.15, 0.2) is 11.6 Å². The Morgan fingerprint density at radius 2 is 2.39 bits per heavy atom. The third-order valence-electron chi connectivity index (χ3n) is 4.13. The molecule has 0 spiro atoms. The average Bonchev–Trinajstić information content (AvgIpc) is 3.20. The van der Waals surface area contributed by atoms with E-state index >= 15 is 0 Å². The van der Waals surface area contributed by atoms with Gasteiger partial charge in [0.1, 0.15) is 0 Å². The third kappa shape index (κ3) is 3.23. The van der Waals surface area contributed by atoms with Gasteiger partial charge in [0, 0.05) is 24.7 Å². The number of methoxy groups -OCH3 is 1. The zero-order valence-electron chi connectivity index (χ0n) is 13.6. The van der Waals surface area contributed by atoms with Crippen molar-refractivity contribution in [1.82, 2.24) is 19.7 Å². The largest absolute Gasteiger partial charge is 0.481 e. The van der Waals surface area contributed by atoms with E-state index in [4.69, 9.17) is 4.74 Å². The van der Waals surface area contributed by atoms with Gasteiger partial charge in [-0.05, 0) is 26.3 Å². The van der Waals surface area contributed by atoms with Crippen LogP contribution in [0.2, 0.25) is 0 Å². The molecule has 124 valence electrons. The molecule has 3 rings (SSSR count). The number of likely N-dealkylation sites (tertiary alicyclic amines) is 1. The molecule has 3 heterocycles. The Morgan fingerprint density at radius 3 is 3.09 bits per heavy atom. The van der Waals surface area contributed by atoms with Crippen LogP contribution in [-0.2, 0) is 11.8 Å². The number of ether oxygens (including phenoxy) is 1. The van der Waals surface area contributed by atoms with E-state index in [1.807, 2.05) is 19.4 Å². The molecule has 23 heavy (non-hydrogen) atoms. The number of hydrogen-bond donors (Lipinski definition) is 1. The molecule has 1 fully saturated rings. The zero-order chi connectivity index (χ0) is 16.4. The standard InChI is InChI=1S/C15H21N5O2S/c1-10-13(14(22-3)19(2)18-10)11-5-4-7-20(11)9-12(21)17-15-16-6-8-23-15/h6,8,11H,4-5,7,9H2,1-3H3,(H,16,17,21)/t11-/m1/s1. The van der Waals surface area contributed by atoms with E-state index in [1.54, 1.807) is 18.0 Å². The molecular weight excluding hydrogens is 314 g/mol. The summed E-state index contributed by atoms with van der Waals surface area (Å²) in [5.41, 5.74) is 2.05. The number of nitrogens with zero attached hydrogens (tertiary/aromatic N) is 4. The second kappa shape index (κ2) is 6.67. The van der Waals surface area contributed by atoms with Crippen molar-refractivity contribution in [2.45, 2.75) is 25.8 Å². The third-order valence-corrected chi connectivity index (χ3v) is 4.82. The molecule has 1 atom stereocenters. The lowest BCUT2D eigenvalue weighted by molar-refractivity contribution is -0.117. The fraction of sp³-hybridized carbons (Fsp3) is 0.533. The van der Waals surface area contributed by atoms with Crippen LogP contribution >= 0.6 is 11.3 Å². The molecule has 0 radical (unpaired) electrons. The van der Waals surface area contributed by atoms with E-state index in [0.717, 1.165) is 36.5 Å². The van der Waals surface area contributed by atoms with Crippen LogP contribution in [-0.4, -0.2) is 45.8 Å². The van der Waals surface area contributed by atoms with Gasteiger partial charge in [-0.3, -0.25) is 9.69 Å². The zero-order valence-corrected chi connectivity index (χ0v) is 14.4. The predicted octanol–water partition coefficient (Wildman–Crippen LogP) is 1.97. The van der Waals surface area contributed by atoms with Gasteiger partial charge in [-0.15, -0.1) is 11.3 Å². The van der Waals surface area contributed by atoms with Crippen LogP contribution in [0.3, 0.4) is 0 Å². The Kier molecular flexibility index (Phi) is 4.63. The lowest BCUT2D eigenvalue weighted by Crippen LogP contribution is -2.33. The number of carbonyl (C=O) groups excluding carboxylic acids is 1. The van der Waals surface area contributed by atoms with Gasteiger partial charge in [0.2, 0.25) is 11.8 Å². The summed E-state index contributed by atoms with van der Waals surface area (Å²) >= 11 is 1.42. The SMILES string of the molecule is COc1c([C@H]2CCCN2CC(=O)Nc2nccs2)c(C)nn1C. The van der Waals surface area contributed by atoms with Gasteiger partial charge in [-0.25, -0.2) is 9.67 Å². The molecule has 1 N–H and O–H groups in total. The van der Waals surface area contributed by atoms with Gasteiger partial charge in [0.05, 0.1) is 24.9 Å². The van der Waals surface area contributed by atoms with E-state index < -0.39 is 0 Å². The van der Waals surface area contributed by atoms with E-state index in [-0.39, 0.29) is 11.9 Å². The molecular formula is C15H21N5O2S. The molecule has 0 aromatic carbocycles. The summed E-state index contributed by atoms with van der Waals surface area (Å²) in [6, 6.07) is 0.167. The molecule has 7 nitrogen and oxygen atoms in total. The number of carbonyl (C=O) groups is 1. The van der Waals surface area contributed by atoms with Crippen LogP contribution in [0.25, 0.3) is 0 Å². The minimum Gasteiger partial charge on any atom is -0.481 e. The minimum absolute atomic E-state index is 0.0349. The first kappa shape index (κ1) is 15.9. The highest BCUT2D eigenvalue weighted by Crippen LogP contribution is 2.38. The molecule has 1 aliphatic rings. The molecule has 2 aromatic rings. The van der Waals surface area contributed by atoms with E-state index in [2.05, 4.69) is 20.3 Å². The normalized spacial score (nSPS) is 18.3. The van der Waals surface area contributed by atoms with E-state index in [0.29, 0.717) is 11.7 Å². The quantitative estimate of drug-likeness (QED) is 0.904. The molecule has 0 aliphatic carbocycles. The number of anilines is 1. The molecule has 1 saturated heterocycles.